The number of benzene rings is 2. The van der Waals surface area contributed by atoms with Gasteiger partial charge in [0.2, 0.25) is 0 Å². The van der Waals surface area contributed by atoms with Crippen LogP contribution in [0.1, 0.15) is 31.9 Å². The Bertz CT molecular complexity index is 1680. The van der Waals surface area contributed by atoms with E-state index in [2.05, 4.69) is 10.1 Å². The number of pyridine rings is 1. The molecule has 2 aromatic carbocycles. The number of carboxylic acids is 1. The lowest BCUT2D eigenvalue weighted by Crippen LogP contribution is -2.23. The molecule has 0 aliphatic rings. The number of nitrogens with zero attached hydrogens (tertiary/aromatic N) is 4. The van der Waals surface area contributed by atoms with Crippen LogP contribution in [-0.4, -0.2) is 36.4 Å². The summed E-state index contributed by atoms with van der Waals surface area (Å²) in [6.07, 6.45) is 5.34. The molecular formula is C29H27ClN4O3S. The molecule has 0 aliphatic carbocycles. The number of aromatic nitrogens is 4. The van der Waals surface area contributed by atoms with Gasteiger partial charge >= 0.3 is 5.97 Å². The van der Waals surface area contributed by atoms with E-state index in [9.17, 15) is 9.90 Å². The van der Waals surface area contributed by atoms with E-state index in [1.54, 1.807) is 29.2 Å². The Morgan fingerprint density at radius 2 is 1.95 bits per heavy atom. The summed E-state index contributed by atoms with van der Waals surface area (Å²) in [5.74, 6) is -0.304. The highest BCUT2D eigenvalue weighted by molar-refractivity contribution is 7.22. The number of hydrogen-bond acceptors (Lipinski definition) is 6. The van der Waals surface area contributed by atoms with Crippen LogP contribution in [0.15, 0.2) is 55.0 Å². The van der Waals surface area contributed by atoms with E-state index in [0.29, 0.717) is 10.8 Å². The Labute approximate surface area is 229 Å². The van der Waals surface area contributed by atoms with E-state index in [4.69, 9.17) is 21.3 Å². The molecule has 5 rings (SSSR count). The van der Waals surface area contributed by atoms with Crippen LogP contribution < -0.4 is 4.74 Å². The predicted octanol–water partition coefficient (Wildman–Crippen LogP) is 7.19. The van der Waals surface area contributed by atoms with Gasteiger partial charge < -0.3 is 9.84 Å². The van der Waals surface area contributed by atoms with Crippen LogP contribution in [0.4, 0.5) is 0 Å². The quantitative estimate of drug-likeness (QED) is 0.242. The van der Waals surface area contributed by atoms with Crippen molar-refractivity contribution in [3.63, 3.8) is 0 Å². The molecule has 38 heavy (non-hydrogen) atoms. The fraction of sp³-hybridized carbons (Fsp3) is 0.241. The van der Waals surface area contributed by atoms with Crippen molar-refractivity contribution in [2.45, 2.75) is 39.7 Å². The summed E-state index contributed by atoms with van der Waals surface area (Å²) in [5.41, 5.74) is 6.14. The number of carboxylic acid groups (broad SMARTS) is 1. The number of halogens is 1. The van der Waals surface area contributed by atoms with Crippen molar-refractivity contribution in [1.82, 2.24) is 19.7 Å². The molecular weight excluding hydrogens is 520 g/mol. The SMILES string of the molecule is Cc1cc2nc(-c3ccnc(-c4cnn(C)c4)c3)sc2c(-c2ccc(Cl)cc2OC(C)(C)C)c1CC(=O)O. The zero-order valence-electron chi connectivity index (χ0n) is 21.7. The Hall–Kier alpha value is -3.75. The second kappa shape index (κ2) is 9.85. The molecule has 7 nitrogen and oxygen atoms in total. The van der Waals surface area contributed by atoms with Crippen molar-refractivity contribution < 1.29 is 14.6 Å². The number of rotatable bonds is 6. The summed E-state index contributed by atoms with van der Waals surface area (Å²) in [6.45, 7) is 7.83. The minimum absolute atomic E-state index is 0.123. The maximum absolute atomic E-state index is 11.9. The molecule has 5 aromatic rings. The first-order valence-corrected chi connectivity index (χ1v) is 13.3. The summed E-state index contributed by atoms with van der Waals surface area (Å²) in [6, 6.07) is 11.4. The number of aryl methyl sites for hydroxylation is 2. The number of thiazole rings is 1. The summed E-state index contributed by atoms with van der Waals surface area (Å²) >= 11 is 7.88. The van der Waals surface area contributed by atoms with Crippen LogP contribution in [0.2, 0.25) is 5.02 Å². The van der Waals surface area contributed by atoms with Crippen LogP contribution in [0.5, 0.6) is 5.75 Å². The summed E-state index contributed by atoms with van der Waals surface area (Å²) in [4.78, 5) is 21.4. The minimum Gasteiger partial charge on any atom is -0.487 e. The number of carbonyl (C=O) groups is 1. The Balaban J connectivity index is 1.74. The Kier molecular flexibility index (Phi) is 6.71. The molecule has 0 unspecified atom stereocenters. The summed E-state index contributed by atoms with van der Waals surface area (Å²) in [5, 5.41) is 15.4. The molecule has 0 aliphatic heterocycles. The van der Waals surface area contributed by atoms with E-state index in [-0.39, 0.29) is 6.42 Å². The second-order valence-electron chi connectivity index (χ2n) is 10.2. The second-order valence-corrected chi connectivity index (χ2v) is 11.6. The van der Waals surface area contributed by atoms with Gasteiger partial charge in [-0.1, -0.05) is 11.6 Å². The predicted molar refractivity (Wildman–Crippen MR) is 152 cm³/mol. The van der Waals surface area contributed by atoms with Crippen LogP contribution in [0.3, 0.4) is 0 Å². The van der Waals surface area contributed by atoms with E-state index in [1.165, 1.54) is 11.3 Å². The number of aliphatic carboxylic acids is 1. The van der Waals surface area contributed by atoms with E-state index >= 15 is 0 Å². The first kappa shape index (κ1) is 25.9. The van der Waals surface area contributed by atoms with Crippen molar-refractivity contribution in [3.05, 3.63) is 71.1 Å². The monoisotopic (exact) mass is 546 g/mol. The van der Waals surface area contributed by atoms with Gasteiger partial charge in [-0.2, -0.15) is 5.10 Å². The molecule has 0 atom stereocenters. The van der Waals surface area contributed by atoms with Crippen LogP contribution in [0.25, 0.3) is 43.2 Å². The third-order valence-electron chi connectivity index (χ3n) is 5.98. The maximum atomic E-state index is 11.9. The van der Waals surface area contributed by atoms with Gasteiger partial charge in [-0.3, -0.25) is 14.5 Å². The standard InChI is InChI=1S/C29H27ClN4O3S/c1-16-10-23-27(38-28(33-23)17-8-9-31-22(11-17)18-14-32-34(5)15-18)26(21(16)13-25(35)36)20-7-6-19(30)12-24(20)37-29(2,3)4/h6-12,14-15H,13H2,1-5H3,(H,35,36). The lowest BCUT2D eigenvalue weighted by atomic mass is 9.92. The average molecular weight is 547 g/mol. The zero-order valence-corrected chi connectivity index (χ0v) is 23.3. The number of fused-ring (bicyclic) bond motifs is 1. The first-order valence-electron chi connectivity index (χ1n) is 12.1. The fourth-order valence-electron chi connectivity index (χ4n) is 4.41. The smallest absolute Gasteiger partial charge is 0.307 e. The minimum atomic E-state index is -0.902. The lowest BCUT2D eigenvalue weighted by Gasteiger charge is -2.24. The molecule has 0 radical (unpaired) electrons. The number of ether oxygens (including phenoxy) is 1. The van der Waals surface area contributed by atoms with Gasteiger partial charge in [-0.25, -0.2) is 4.98 Å². The van der Waals surface area contributed by atoms with Crippen molar-refractivity contribution >= 4 is 39.1 Å². The van der Waals surface area contributed by atoms with Gasteiger partial charge in [-0.15, -0.1) is 11.3 Å². The van der Waals surface area contributed by atoms with Crippen LogP contribution in [-0.2, 0) is 18.3 Å². The molecule has 194 valence electrons. The fourth-order valence-corrected chi connectivity index (χ4v) is 5.70. The molecule has 0 bridgehead atoms. The van der Waals surface area contributed by atoms with Crippen LogP contribution >= 0.6 is 22.9 Å². The molecule has 0 saturated carbocycles. The molecule has 3 aromatic heterocycles. The topological polar surface area (TPSA) is 90.1 Å². The molecule has 0 fully saturated rings. The zero-order chi connectivity index (χ0) is 27.2. The van der Waals surface area contributed by atoms with Gasteiger partial charge in [-0.05, 0) is 75.2 Å². The Morgan fingerprint density at radius 1 is 1.16 bits per heavy atom. The van der Waals surface area contributed by atoms with Gasteiger partial charge in [0.1, 0.15) is 16.4 Å². The van der Waals surface area contributed by atoms with Gasteiger partial charge in [0, 0.05) is 46.7 Å². The van der Waals surface area contributed by atoms with E-state index in [0.717, 1.165) is 54.3 Å². The number of hydrogen-bond donors (Lipinski definition) is 1. The Morgan fingerprint density at radius 3 is 2.63 bits per heavy atom. The van der Waals surface area contributed by atoms with E-state index in [1.807, 2.05) is 65.2 Å². The highest BCUT2D eigenvalue weighted by Crippen LogP contribution is 2.45. The molecule has 0 saturated heterocycles. The summed E-state index contributed by atoms with van der Waals surface area (Å²) < 4.78 is 8.94. The third-order valence-corrected chi connectivity index (χ3v) is 7.35. The van der Waals surface area contributed by atoms with Gasteiger partial charge in [0.25, 0.3) is 0 Å². The van der Waals surface area contributed by atoms with E-state index < -0.39 is 11.6 Å². The molecule has 9 heteroatoms. The lowest BCUT2D eigenvalue weighted by molar-refractivity contribution is -0.136. The largest absolute Gasteiger partial charge is 0.487 e. The summed E-state index contributed by atoms with van der Waals surface area (Å²) in [7, 11) is 1.87. The average Bonchev–Trinajstić information content (AvgIpc) is 3.45. The van der Waals surface area contributed by atoms with Crippen molar-refractivity contribution in [2.75, 3.05) is 0 Å². The maximum Gasteiger partial charge on any atom is 0.307 e. The highest BCUT2D eigenvalue weighted by atomic mass is 35.5. The van der Waals surface area contributed by atoms with Gasteiger partial charge in [0.15, 0.2) is 0 Å². The highest BCUT2D eigenvalue weighted by Gasteiger charge is 2.24. The van der Waals surface area contributed by atoms with Crippen molar-refractivity contribution in [1.29, 1.82) is 0 Å². The normalized spacial score (nSPS) is 11.7. The van der Waals surface area contributed by atoms with Gasteiger partial charge in [0.05, 0.1) is 28.5 Å². The van der Waals surface area contributed by atoms with Crippen molar-refractivity contribution in [3.8, 4) is 38.7 Å². The molecule has 3 heterocycles. The molecule has 0 spiro atoms. The molecule has 1 N–H and O–H groups in total. The van der Waals surface area contributed by atoms with Crippen LogP contribution in [0, 0.1) is 6.92 Å². The first-order chi connectivity index (χ1) is 18.0. The van der Waals surface area contributed by atoms with Crippen molar-refractivity contribution in [2.24, 2.45) is 7.05 Å². The third kappa shape index (κ3) is 5.28. The molecule has 0 amide bonds.